The molecule has 1 saturated heterocycles. The molecule has 0 atom stereocenters. The van der Waals surface area contributed by atoms with Crippen molar-refractivity contribution in [2.75, 3.05) is 25.0 Å². The number of halogens is 3. The number of likely N-dealkylation sites (tertiary alicyclic amines) is 1. The molecule has 0 aromatic heterocycles. The monoisotopic (exact) mass is 358 g/mol. The van der Waals surface area contributed by atoms with Crippen LogP contribution < -0.4 is 10.1 Å². The minimum atomic E-state index is -3.00. The highest BCUT2D eigenvalue weighted by atomic mass is 19.3. The molecule has 0 radical (unpaired) electrons. The van der Waals surface area contributed by atoms with Crippen LogP contribution in [0.15, 0.2) is 18.2 Å². The summed E-state index contributed by atoms with van der Waals surface area (Å²) in [5.41, 5.74) is 0.347. The molecule has 1 heterocycles. The van der Waals surface area contributed by atoms with E-state index in [-0.39, 0.29) is 11.7 Å². The molecule has 1 aromatic carbocycles. The maximum absolute atomic E-state index is 13.2. The molecular weight excluding hydrogens is 333 g/mol. The summed E-state index contributed by atoms with van der Waals surface area (Å²) in [5, 5.41) is 3.06. The van der Waals surface area contributed by atoms with Gasteiger partial charge in [-0.05, 0) is 36.8 Å². The van der Waals surface area contributed by atoms with Gasteiger partial charge in [-0.15, -0.1) is 0 Å². The number of piperidine rings is 1. The van der Waals surface area contributed by atoms with Crippen LogP contribution in [0, 0.1) is 17.7 Å². The van der Waals surface area contributed by atoms with E-state index in [9.17, 15) is 18.0 Å². The van der Waals surface area contributed by atoms with Crippen LogP contribution in [0.5, 0.6) is 5.75 Å². The van der Waals surface area contributed by atoms with Crippen molar-refractivity contribution in [2.45, 2.75) is 39.7 Å². The number of anilines is 1. The van der Waals surface area contributed by atoms with Crippen molar-refractivity contribution < 1.29 is 22.7 Å². The van der Waals surface area contributed by atoms with Gasteiger partial charge in [0.1, 0.15) is 5.82 Å². The second kappa shape index (κ2) is 8.97. The minimum Gasteiger partial charge on any atom is -0.433 e. The predicted octanol–water partition coefficient (Wildman–Crippen LogP) is 4.12. The van der Waals surface area contributed by atoms with E-state index in [0.717, 1.165) is 18.9 Å². The standard InChI is InChI=1S/C18H25F3N2O2/c1-12(2)9-17(24)23-7-5-13(6-8-23)11-22-15-4-3-14(19)10-16(15)25-18(20)21/h3-4,10,12-13,18,22H,5-9,11H2,1-2H3. The number of amides is 1. The lowest BCUT2D eigenvalue weighted by Gasteiger charge is -2.32. The smallest absolute Gasteiger partial charge is 0.387 e. The SMILES string of the molecule is CC(C)CC(=O)N1CCC(CNc2ccc(F)cc2OC(F)F)CC1. The van der Waals surface area contributed by atoms with Crippen LogP contribution in [0.3, 0.4) is 0 Å². The van der Waals surface area contributed by atoms with Crippen LogP contribution in [0.1, 0.15) is 33.1 Å². The molecule has 1 N–H and O–H groups in total. The van der Waals surface area contributed by atoms with Crippen LogP contribution in [0.4, 0.5) is 18.9 Å². The Morgan fingerprint density at radius 3 is 2.60 bits per heavy atom. The number of benzene rings is 1. The lowest BCUT2D eigenvalue weighted by Crippen LogP contribution is -2.40. The molecular formula is C18H25F3N2O2. The molecule has 1 fully saturated rings. The average molecular weight is 358 g/mol. The lowest BCUT2D eigenvalue weighted by atomic mass is 9.96. The number of nitrogens with zero attached hydrogens (tertiary/aromatic N) is 1. The third kappa shape index (κ3) is 6.14. The Balaban J connectivity index is 1.84. The first-order valence-corrected chi connectivity index (χ1v) is 8.61. The van der Waals surface area contributed by atoms with Crippen LogP contribution in [0.2, 0.25) is 0 Å². The number of hydrogen-bond donors (Lipinski definition) is 1. The summed E-state index contributed by atoms with van der Waals surface area (Å²) in [6.45, 7) is 3.03. The predicted molar refractivity (Wildman–Crippen MR) is 90.3 cm³/mol. The largest absolute Gasteiger partial charge is 0.433 e. The van der Waals surface area contributed by atoms with Gasteiger partial charge < -0.3 is 15.0 Å². The zero-order chi connectivity index (χ0) is 18.4. The average Bonchev–Trinajstić information content (AvgIpc) is 2.53. The Bertz CT molecular complexity index is 573. The summed E-state index contributed by atoms with van der Waals surface area (Å²) in [6.07, 6.45) is 2.26. The second-order valence-electron chi connectivity index (χ2n) is 6.82. The van der Waals surface area contributed by atoms with Crippen molar-refractivity contribution in [3.8, 4) is 5.75 Å². The van der Waals surface area contributed by atoms with Gasteiger partial charge in [-0.1, -0.05) is 13.8 Å². The number of carbonyl (C=O) groups is 1. The second-order valence-corrected chi connectivity index (χ2v) is 6.82. The molecule has 1 aromatic rings. The Morgan fingerprint density at radius 2 is 2.00 bits per heavy atom. The summed E-state index contributed by atoms with van der Waals surface area (Å²) in [4.78, 5) is 13.9. The van der Waals surface area contributed by atoms with Gasteiger partial charge in [0, 0.05) is 32.1 Å². The van der Waals surface area contributed by atoms with Gasteiger partial charge >= 0.3 is 6.61 Å². The van der Waals surface area contributed by atoms with E-state index in [0.29, 0.717) is 43.6 Å². The molecule has 140 valence electrons. The molecule has 7 heteroatoms. The van der Waals surface area contributed by atoms with Crippen molar-refractivity contribution in [3.63, 3.8) is 0 Å². The maximum Gasteiger partial charge on any atom is 0.387 e. The van der Waals surface area contributed by atoms with Gasteiger partial charge in [-0.3, -0.25) is 4.79 Å². The van der Waals surface area contributed by atoms with Crippen molar-refractivity contribution in [3.05, 3.63) is 24.0 Å². The van der Waals surface area contributed by atoms with Crippen molar-refractivity contribution in [1.82, 2.24) is 4.90 Å². The molecule has 2 rings (SSSR count). The molecule has 0 bridgehead atoms. The first-order valence-electron chi connectivity index (χ1n) is 8.61. The quantitative estimate of drug-likeness (QED) is 0.797. The zero-order valence-corrected chi connectivity index (χ0v) is 14.6. The number of ether oxygens (including phenoxy) is 1. The minimum absolute atomic E-state index is 0.188. The highest BCUT2D eigenvalue weighted by molar-refractivity contribution is 5.76. The fraction of sp³-hybridized carbons (Fsp3) is 0.611. The Hall–Kier alpha value is -1.92. The number of rotatable bonds is 7. The molecule has 1 amide bonds. The topological polar surface area (TPSA) is 41.6 Å². The van der Waals surface area contributed by atoms with Crippen molar-refractivity contribution in [2.24, 2.45) is 11.8 Å². The summed E-state index contributed by atoms with van der Waals surface area (Å²) in [7, 11) is 0. The highest BCUT2D eigenvalue weighted by Crippen LogP contribution is 2.28. The number of carbonyl (C=O) groups excluding carboxylic acids is 1. The van der Waals surface area contributed by atoms with E-state index in [4.69, 9.17) is 0 Å². The lowest BCUT2D eigenvalue weighted by molar-refractivity contribution is -0.133. The van der Waals surface area contributed by atoms with Crippen LogP contribution >= 0.6 is 0 Å². The third-order valence-corrected chi connectivity index (χ3v) is 4.29. The third-order valence-electron chi connectivity index (χ3n) is 4.29. The molecule has 1 aliphatic heterocycles. The highest BCUT2D eigenvalue weighted by Gasteiger charge is 2.23. The van der Waals surface area contributed by atoms with Crippen molar-refractivity contribution >= 4 is 11.6 Å². The zero-order valence-electron chi connectivity index (χ0n) is 14.6. The van der Waals surface area contributed by atoms with E-state index < -0.39 is 12.4 Å². The number of alkyl halides is 2. The molecule has 0 aliphatic carbocycles. The summed E-state index contributed by atoms with van der Waals surface area (Å²) < 4.78 is 42.4. The normalized spacial score (nSPS) is 15.7. The molecule has 1 aliphatic rings. The van der Waals surface area contributed by atoms with Crippen LogP contribution in [-0.4, -0.2) is 37.1 Å². The van der Waals surface area contributed by atoms with Gasteiger partial charge in [0.2, 0.25) is 5.91 Å². The van der Waals surface area contributed by atoms with E-state index in [2.05, 4.69) is 10.1 Å². The van der Waals surface area contributed by atoms with Crippen LogP contribution in [-0.2, 0) is 4.79 Å². The van der Waals surface area contributed by atoms with E-state index >= 15 is 0 Å². The Kier molecular flexibility index (Phi) is 6.96. The summed E-state index contributed by atoms with van der Waals surface area (Å²) in [6, 6.07) is 3.55. The molecule has 0 saturated carbocycles. The molecule has 25 heavy (non-hydrogen) atoms. The van der Waals surface area contributed by atoms with Gasteiger partial charge in [0.25, 0.3) is 0 Å². The molecule has 0 unspecified atom stereocenters. The first-order chi connectivity index (χ1) is 11.8. The molecule has 0 spiro atoms. The fourth-order valence-electron chi connectivity index (χ4n) is 2.95. The number of nitrogens with one attached hydrogen (secondary N) is 1. The van der Waals surface area contributed by atoms with Gasteiger partial charge in [0.15, 0.2) is 5.75 Å². The van der Waals surface area contributed by atoms with E-state index in [1.54, 1.807) is 0 Å². The maximum atomic E-state index is 13.2. The van der Waals surface area contributed by atoms with Crippen molar-refractivity contribution in [1.29, 1.82) is 0 Å². The van der Waals surface area contributed by atoms with Crippen LogP contribution in [0.25, 0.3) is 0 Å². The van der Waals surface area contributed by atoms with E-state index in [1.165, 1.54) is 12.1 Å². The Labute approximate surface area is 146 Å². The van der Waals surface area contributed by atoms with E-state index in [1.807, 2.05) is 18.7 Å². The fourth-order valence-corrected chi connectivity index (χ4v) is 2.95. The molecule has 4 nitrogen and oxygen atoms in total. The van der Waals surface area contributed by atoms with Gasteiger partial charge in [-0.25, -0.2) is 4.39 Å². The Morgan fingerprint density at radius 1 is 1.32 bits per heavy atom. The van der Waals surface area contributed by atoms with Gasteiger partial charge in [0.05, 0.1) is 5.69 Å². The number of hydrogen-bond acceptors (Lipinski definition) is 3. The summed E-state index contributed by atoms with van der Waals surface area (Å²) >= 11 is 0. The first kappa shape index (κ1) is 19.4. The summed E-state index contributed by atoms with van der Waals surface area (Å²) in [5.74, 6) is 0.0384. The van der Waals surface area contributed by atoms with Gasteiger partial charge in [-0.2, -0.15) is 8.78 Å².